The topological polar surface area (TPSA) is 69.7 Å². The molecule has 0 aromatic heterocycles. The van der Waals surface area contributed by atoms with E-state index in [9.17, 15) is 13.2 Å². The Hall–Kier alpha value is -1.64. The van der Waals surface area contributed by atoms with Gasteiger partial charge in [-0.15, -0.1) is 0 Å². The van der Waals surface area contributed by atoms with E-state index in [2.05, 4.69) is 5.32 Å². The Morgan fingerprint density at radius 2 is 1.71 bits per heavy atom. The number of hydrogen-bond donors (Lipinski definition) is 1. The number of rotatable bonds is 5. The second-order valence-electron chi connectivity index (χ2n) is 6.64. The number of nitrogens with one attached hydrogen (secondary N) is 1. The van der Waals surface area contributed by atoms with Gasteiger partial charge in [-0.3, -0.25) is 9.69 Å². The third kappa shape index (κ3) is 4.85. The Bertz CT molecular complexity index is 974. The largest absolute Gasteiger partial charge is 0.324 e. The van der Waals surface area contributed by atoms with Gasteiger partial charge in [0.05, 0.1) is 22.3 Å². The number of benzene rings is 2. The molecule has 150 valence electrons. The summed E-state index contributed by atoms with van der Waals surface area (Å²) in [5, 5.41) is 3.50. The molecule has 0 unspecified atom stereocenters. The van der Waals surface area contributed by atoms with Crippen molar-refractivity contribution in [1.82, 2.24) is 9.21 Å². The van der Waals surface area contributed by atoms with E-state index >= 15 is 0 Å². The summed E-state index contributed by atoms with van der Waals surface area (Å²) in [7, 11) is -3.65. The van der Waals surface area contributed by atoms with Gasteiger partial charge < -0.3 is 5.32 Å². The molecule has 1 heterocycles. The summed E-state index contributed by atoms with van der Waals surface area (Å²) in [6, 6.07) is 11.8. The van der Waals surface area contributed by atoms with Gasteiger partial charge in [0.15, 0.2) is 0 Å². The molecule has 1 saturated heterocycles. The summed E-state index contributed by atoms with van der Waals surface area (Å²) in [5.74, 6) is -0.187. The van der Waals surface area contributed by atoms with Crippen LogP contribution in [0.25, 0.3) is 0 Å². The SMILES string of the molecule is Cc1ccc(NC(=O)CN2CCN(S(=O)(=O)c3ccccc3Cl)CC2)c(Cl)c1. The first-order valence-electron chi connectivity index (χ1n) is 8.80. The number of aryl methyl sites for hydroxylation is 1. The molecule has 9 heteroatoms. The number of anilines is 1. The van der Waals surface area contributed by atoms with E-state index in [-0.39, 0.29) is 22.4 Å². The molecule has 0 spiro atoms. The molecule has 2 aromatic carbocycles. The molecule has 3 rings (SSSR count). The molecule has 0 saturated carbocycles. The lowest BCUT2D eigenvalue weighted by Gasteiger charge is -2.33. The fraction of sp³-hybridized carbons (Fsp3) is 0.316. The molecule has 6 nitrogen and oxygen atoms in total. The fourth-order valence-electron chi connectivity index (χ4n) is 3.04. The zero-order chi connectivity index (χ0) is 20.3. The van der Waals surface area contributed by atoms with Gasteiger partial charge in [-0.05, 0) is 36.8 Å². The van der Waals surface area contributed by atoms with Crippen LogP contribution in [0.15, 0.2) is 47.4 Å². The van der Waals surface area contributed by atoms with E-state index in [1.54, 1.807) is 30.3 Å². The minimum atomic E-state index is -3.65. The third-order valence-corrected chi connectivity index (χ3v) is 7.26. The van der Waals surface area contributed by atoms with Gasteiger partial charge >= 0.3 is 0 Å². The van der Waals surface area contributed by atoms with Gasteiger partial charge in [-0.25, -0.2) is 8.42 Å². The molecule has 0 bridgehead atoms. The Morgan fingerprint density at radius 3 is 2.36 bits per heavy atom. The predicted octanol–water partition coefficient (Wildman–Crippen LogP) is 3.25. The molecular weight excluding hydrogens is 421 g/mol. The summed E-state index contributed by atoms with van der Waals surface area (Å²) >= 11 is 12.2. The summed E-state index contributed by atoms with van der Waals surface area (Å²) in [5.41, 5.74) is 1.58. The molecule has 28 heavy (non-hydrogen) atoms. The maximum absolute atomic E-state index is 12.8. The monoisotopic (exact) mass is 441 g/mol. The van der Waals surface area contributed by atoms with Crippen molar-refractivity contribution in [2.45, 2.75) is 11.8 Å². The van der Waals surface area contributed by atoms with Crippen LogP contribution >= 0.6 is 23.2 Å². The van der Waals surface area contributed by atoms with Crippen LogP contribution in [0.3, 0.4) is 0 Å². The normalized spacial score (nSPS) is 16.1. The predicted molar refractivity (Wildman–Crippen MR) is 111 cm³/mol. The van der Waals surface area contributed by atoms with Crippen molar-refractivity contribution in [3.05, 3.63) is 58.1 Å². The average Bonchev–Trinajstić information content (AvgIpc) is 2.65. The van der Waals surface area contributed by atoms with Crippen LogP contribution < -0.4 is 5.32 Å². The number of carbonyl (C=O) groups excluding carboxylic acids is 1. The van der Waals surface area contributed by atoms with Crippen molar-refractivity contribution in [2.24, 2.45) is 0 Å². The summed E-state index contributed by atoms with van der Waals surface area (Å²) in [6.45, 7) is 3.60. The number of sulfonamides is 1. The highest BCUT2D eigenvalue weighted by molar-refractivity contribution is 7.89. The Morgan fingerprint density at radius 1 is 1.04 bits per heavy atom. The maximum atomic E-state index is 12.8. The van der Waals surface area contributed by atoms with E-state index in [0.29, 0.717) is 36.9 Å². The molecule has 1 N–H and O–H groups in total. The van der Waals surface area contributed by atoms with E-state index in [4.69, 9.17) is 23.2 Å². The van der Waals surface area contributed by atoms with Gasteiger partial charge in [0.2, 0.25) is 15.9 Å². The van der Waals surface area contributed by atoms with Gasteiger partial charge in [0, 0.05) is 26.2 Å². The van der Waals surface area contributed by atoms with E-state index in [1.165, 1.54) is 10.4 Å². The third-order valence-electron chi connectivity index (χ3n) is 4.55. The highest BCUT2D eigenvalue weighted by atomic mass is 35.5. The van der Waals surface area contributed by atoms with E-state index in [1.807, 2.05) is 17.9 Å². The van der Waals surface area contributed by atoms with Gasteiger partial charge in [0.25, 0.3) is 0 Å². The lowest BCUT2D eigenvalue weighted by molar-refractivity contribution is -0.117. The molecule has 2 aromatic rings. The zero-order valence-corrected chi connectivity index (χ0v) is 17.7. The standard InChI is InChI=1S/C19H21Cl2N3O3S/c1-14-6-7-17(16(21)12-14)22-19(25)13-23-8-10-24(11-9-23)28(26,27)18-5-3-2-4-15(18)20/h2-7,12H,8-11,13H2,1H3,(H,22,25). The fourth-order valence-corrected chi connectivity index (χ4v) is 5.23. The average molecular weight is 442 g/mol. The highest BCUT2D eigenvalue weighted by Crippen LogP contribution is 2.25. The van der Waals surface area contributed by atoms with Crippen molar-refractivity contribution in [1.29, 1.82) is 0 Å². The minimum absolute atomic E-state index is 0.108. The molecular formula is C19H21Cl2N3O3S. The van der Waals surface area contributed by atoms with Crippen LogP contribution in [-0.2, 0) is 14.8 Å². The lowest BCUT2D eigenvalue weighted by atomic mass is 10.2. The van der Waals surface area contributed by atoms with Crippen molar-refractivity contribution < 1.29 is 13.2 Å². The first-order valence-corrected chi connectivity index (χ1v) is 11.0. The molecule has 0 radical (unpaired) electrons. The number of amides is 1. The zero-order valence-electron chi connectivity index (χ0n) is 15.4. The van der Waals surface area contributed by atoms with Crippen molar-refractivity contribution in [2.75, 3.05) is 38.0 Å². The van der Waals surface area contributed by atoms with Gasteiger partial charge in [0.1, 0.15) is 4.90 Å². The van der Waals surface area contributed by atoms with Crippen molar-refractivity contribution >= 4 is 44.8 Å². The minimum Gasteiger partial charge on any atom is -0.324 e. The second kappa shape index (κ2) is 8.80. The van der Waals surface area contributed by atoms with Crippen LogP contribution in [0.2, 0.25) is 10.0 Å². The van der Waals surface area contributed by atoms with Crippen LogP contribution in [0.5, 0.6) is 0 Å². The first kappa shape index (κ1) is 21.1. The maximum Gasteiger partial charge on any atom is 0.244 e. The highest BCUT2D eigenvalue weighted by Gasteiger charge is 2.30. The van der Waals surface area contributed by atoms with Crippen LogP contribution in [0, 0.1) is 6.92 Å². The number of piperazine rings is 1. The first-order chi connectivity index (χ1) is 13.3. The van der Waals surface area contributed by atoms with Crippen molar-refractivity contribution in [3.8, 4) is 0 Å². The molecule has 0 atom stereocenters. The summed E-state index contributed by atoms with van der Waals surface area (Å²) < 4.78 is 26.9. The molecule has 1 fully saturated rings. The van der Waals surface area contributed by atoms with Crippen LogP contribution in [-0.4, -0.2) is 56.3 Å². The smallest absolute Gasteiger partial charge is 0.244 e. The molecule has 1 amide bonds. The molecule has 0 aliphatic carbocycles. The molecule has 1 aliphatic heterocycles. The van der Waals surface area contributed by atoms with E-state index < -0.39 is 10.0 Å². The van der Waals surface area contributed by atoms with Gasteiger partial charge in [-0.2, -0.15) is 4.31 Å². The lowest BCUT2D eigenvalue weighted by Crippen LogP contribution is -2.50. The number of halogens is 2. The summed E-state index contributed by atoms with van der Waals surface area (Å²) in [4.78, 5) is 14.3. The molecule has 1 aliphatic rings. The van der Waals surface area contributed by atoms with Gasteiger partial charge in [-0.1, -0.05) is 41.4 Å². The Balaban J connectivity index is 1.57. The quantitative estimate of drug-likeness (QED) is 0.772. The van der Waals surface area contributed by atoms with Crippen LogP contribution in [0.4, 0.5) is 5.69 Å². The summed E-state index contributed by atoms with van der Waals surface area (Å²) in [6.07, 6.45) is 0. The second-order valence-corrected chi connectivity index (χ2v) is 9.36. The van der Waals surface area contributed by atoms with Crippen molar-refractivity contribution in [3.63, 3.8) is 0 Å². The Kier molecular flexibility index (Phi) is 6.62. The van der Waals surface area contributed by atoms with Crippen LogP contribution in [0.1, 0.15) is 5.56 Å². The number of hydrogen-bond acceptors (Lipinski definition) is 4. The number of nitrogens with zero attached hydrogens (tertiary/aromatic N) is 2. The Labute approximate surface area is 175 Å². The number of carbonyl (C=O) groups is 1. The van der Waals surface area contributed by atoms with E-state index in [0.717, 1.165) is 5.56 Å².